The van der Waals surface area contributed by atoms with Crippen LogP contribution >= 0.6 is 0 Å². The van der Waals surface area contributed by atoms with E-state index in [2.05, 4.69) is 9.97 Å². The van der Waals surface area contributed by atoms with E-state index in [0.29, 0.717) is 48.6 Å². The number of carbonyl (C=O) groups is 1. The third-order valence-corrected chi connectivity index (χ3v) is 7.07. The van der Waals surface area contributed by atoms with Gasteiger partial charge in [0.2, 0.25) is 11.8 Å². The number of aliphatic carboxylic acids is 1. The van der Waals surface area contributed by atoms with Gasteiger partial charge in [0.05, 0.1) is 31.9 Å². The Bertz CT molecular complexity index is 973. The second-order valence-corrected chi connectivity index (χ2v) is 9.13. The molecule has 0 unspecified atom stereocenters. The second kappa shape index (κ2) is 10.0. The van der Waals surface area contributed by atoms with Gasteiger partial charge < -0.3 is 19.3 Å². The molecule has 2 heterocycles. The molecular weight excluding hydrogens is 427 g/mol. The van der Waals surface area contributed by atoms with Crippen LogP contribution in [0.4, 0.5) is 4.39 Å². The van der Waals surface area contributed by atoms with E-state index >= 15 is 0 Å². The molecule has 2 aromatic rings. The van der Waals surface area contributed by atoms with Gasteiger partial charge in [-0.1, -0.05) is 0 Å². The van der Waals surface area contributed by atoms with Crippen molar-refractivity contribution in [2.75, 3.05) is 20.8 Å². The first-order valence-electron chi connectivity index (χ1n) is 11.5. The lowest BCUT2D eigenvalue weighted by Gasteiger charge is -2.39. The van der Waals surface area contributed by atoms with Crippen molar-refractivity contribution in [2.24, 2.45) is 11.8 Å². The maximum absolute atomic E-state index is 14.6. The molecule has 0 bridgehead atoms. The molecule has 8 heteroatoms. The number of methoxy groups -OCH3 is 2. The Morgan fingerprint density at radius 1 is 1.18 bits per heavy atom. The van der Waals surface area contributed by atoms with Crippen LogP contribution in [0, 0.1) is 17.7 Å². The number of ether oxygens (including phenoxy) is 3. The fourth-order valence-corrected chi connectivity index (χ4v) is 4.96. The van der Waals surface area contributed by atoms with E-state index in [1.165, 1.54) is 13.3 Å². The molecule has 0 amide bonds. The van der Waals surface area contributed by atoms with Crippen molar-refractivity contribution in [3.63, 3.8) is 0 Å². The first-order valence-corrected chi connectivity index (χ1v) is 11.5. The average Bonchev–Trinajstić information content (AvgIpc) is 3.67. The molecule has 0 saturated heterocycles. The minimum atomic E-state index is -0.779. The smallest absolute Gasteiger partial charge is 0.303 e. The van der Waals surface area contributed by atoms with Gasteiger partial charge in [0.15, 0.2) is 0 Å². The number of aromatic nitrogens is 2. The lowest BCUT2D eigenvalue weighted by molar-refractivity contribution is -0.137. The topological polar surface area (TPSA) is 90.8 Å². The summed E-state index contributed by atoms with van der Waals surface area (Å²) in [5.41, 5.74) is 0.757. The zero-order chi connectivity index (χ0) is 23.4. The molecule has 1 N–H and O–H groups in total. The summed E-state index contributed by atoms with van der Waals surface area (Å²) in [4.78, 5) is 19.5. The van der Waals surface area contributed by atoms with Gasteiger partial charge in [-0.2, -0.15) is 0 Å². The van der Waals surface area contributed by atoms with Crippen LogP contribution < -0.4 is 9.47 Å². The number of hydrogen-bond donors (Lipinski definition) is 1. The Labute approximate surface area is 193 Å². The summed E-state index contributed by atoms with van der Waals surface area (Å²) in [7, 11) is 3.13. The standard InChI is InChI=1S/C25H31FN2O5/c1-31-22-13-20(21(26)14-28-22)25(32-2)8-5-16(6-9-25)15-33-23-11-18(7-10-27-23)19(12-24(29)30)17-3-4-17/h7,10-11,13-14,16-17,19H,3-6,8-9,12,15H2,1-2H3,(H,29,30)/t16-,19-,25-/m0/s1. The maximum atomic E-state index is 14.6. The van der Waals surface area contributed by atoms with Gasteiger partial charge in [-0.25, -0.2) is 14.4 Å². The van der Waals surface area contributed by atoms with E-state index in [9.17, 15) is 14.3 Å². The quantitative estimate of drug-likeness (QED) is 0.552. The molecule has 0 aliphatic heterocycles. The number of carboxylic acid groups (broad SMARTS) is 1. The minimum Gasteiger partial charge on any atom is -0.481 e. The van der Waals surface area contributed by atoms with Crippen molar-refractivity contribution >= 4 is 5.97 Å². The predicted molar refractivity (Wildman–Crippen MR) is 119 cm³/mol. The first kappa shape index (κ1) is 23.4. The fraction of sp³-hybridized carbons (Fsp3) is 0.560. The lowest BCUT2D eigenvalue weighted by Crippen LogP contribution is -2.36. The van der Waals surface area contributed by atoms with E-state index in [4.69, 9.17) is 14.2 Å². The van der Waals surface area contributed by atoms with Gasteiger partial charge in [-0.3, -0.25) is 4.79 Å². The molecule has 2 aliphatic carbocycles. The van der Waals surface area contributed by atoms with Gasteiger partial charge in [0.1, 0.15) is 5.82 Å². The largest absolute Gasteiger partial charge is 0.481 e. The van der Waals surface area contributed by atoms with Gasteiger partial charge in [-0.05, 0) is 67.9 Å². The maximum Gasteiger partial charge on any atom is 0.303 e. The van der Waals surface area contributed by atoms with Crippen LogP contribution in [0.15, 0.2) is 30.6 Å². The molecule has 0 spiro atoms. The highest BCUT2D eigenvalue weighted by molar-refractivity contribution is 5.68. The van der Waals surface area contributed by atoms with Crippen LogP contribution in [0.2, 0.25) is 0 Å². The predicted octanol–water partition coefficient (Wildman–Crippen LogP) is 4.70. The van der Waals surface area contributed by atoms with Gasteiger partial charge in [0, 0.05) is 31.0 Å². The fourth-order valence-electron chi connectivity index (χ4n) is 4.96. The summed E-state index contributed by atoms with van der Waals surface area (Å²) in [6, 6.07) is 5.40. The van der Waals surface area contributed by atoms with Crippen LogP contribution in [0.25, 0.3) is 0 Å². The third-order valence-electron chi connectivity index (χ3n) is 7.07. The molecule has 1 atom stereocenters. The Balaban J connectivity index is 1.37. The van der Waals surface area contributed by atoms with Crippen molar-refractivity contribution in [3.05, 3.63) is 47.5 Å². The molecule has 2 aromatic heterocycles. The van der Waals surface area contributed by atoms with Crippen molar-refractivity contribution in [1.82, 2.24) is 9.97 Å². The highest BCUT2D eigenvalue weighted by atomic mass is 19.1. The van der Waals surface area contributed by atoms with Gasteiger partial charge >= 0.3 is 5.97 Å². The van der Waals surface area contributed by atoms with Crippen LogP contribution in [0.3, 0.4) is 0 Å². The highest BCUT2D eigenvalue weighted by Gasteiger charge is 2.40. The highest BCUT2D eigenvalue weighted by Crippen LogP contribution is 2.45. The van der Waals surface area contributed by atoms with Crippen molar-refractivity contribution in [3.8, 4) is 11.8 Å². The number of nitrogens with zero attached hydrogens (tertiary/aromatic N) is 2. The molecule has 0 aromatic carbocycles. The SMILES string of the molecule is COc1cc([C@]2(OC)CC[C@H](COc3cc([C@@H](CC(=O)O)C4CC4)ccn3)CC2)c(F)cn1. The number of carboxylic acids is 1. The van der Waals surface area contributed by atoms with E-state index in [-0.39, 0.29) is 18.2 Å². The van der Waals surface area contributed by atoms with Crippen molar-refractivity contribution in [1.29, 1.82) is 0 Å². The summed E-state index contributed by atoms with van der Waals surface area (Å²) >= 11 is 0. The van der Waals surface area contributed by atoms with Gasteiger partial charge in [0.25, 0.3) is 0 Å². The summed E-state index contributed by atoms with van der Waals surface area (Å²) < 4.78 is 31.6. The molecule has 2 aliphatic rings. The van der Waals surface area contributed by atoms with E-state index in [1.54, 1.807) is 19.4 Å². The Hall–Kier alpha value is -2.74. The second-order valence-electron chi connectivity index (χ2n) is 9.13. The number of halogens is 1. The van der Waals surface area contributed by atoms with Crippen LogP contribution in [-0.2, 0) is 15.1 Å². The molecule has 33 heavy (non-hydrogen) atoms. The van der Waals surface area contributed by atoms with Crippen LogP contribution in [0.1, 0.15) is 62.0 Å². The number of rotatable bonds is 10. The monoisotopic (exact) mass is 458 g/mol. The van der Waals surface area contributed by atoms with Gasteiger partial charge in [-0.15, -0.1) is 0 Å². The zero-order valence-electron chi connectivity index (χ0n) is 19.1. The summed E-state index contributed by atoms with van der Waals surface area (Å²) in [5, 5.41) is 9.27. The van der Waals surface area contributed by atoms with Crippen molar-refractivity contribution in [2.45, 2.75) is 56.5 Å². The minimum absolute atomic E-state index is 0.0112. The summed E-state index contributed by atoms with van der Waals surface area (Å²) in [5.74, 6) is 0.465. The van der Waals surface area contributed by atoms with Crippen molar-refractivity contribution < 1.29 is 28.5 Å². The molecule has 2 fully saturated rings. The van der Waals surface area contributed by atoms with E-state index in [1.807, 2.05) is 12.1 Å². The normalized spacial score (nSPS) is 23.7. The molecule has 4 rings (SSSR count). The number of pyridine rings is 2. The van der Waals surface area contributed by atoms with E-state index < -0.39 is 11.6 Å². The van der Waals surface area contributed by atoms with Crippen LogP contribution in [0.5, 0.6) is 11.8 Å². The number of hydrogen-bond acceptors (Lipinski definition) is 6. The Morgan fingerprint density at radius 3 is 2.58 bits per heavy atom. The average molecular weight is 459 g/mol. The Kier molecular flexibility index (Phi) is 7.12. The molecule has 0 radical (unpaired) electrons. The molecular formula is C25H31FN2O5. The molecule has 178 valence electrons. The lowest BCUT2D eigenvalue weighted by atomic mass is 9.75. The Morgan fingerprint density at radius 2 is 1.94 bits per heavy atom. The third kappa shape index (κ3) is 5.43. The molecule has 2 saturated carbocycles. The summed E-state index contributed by atoms with van der Waals surface area (Å²) in [6.45, 7) is 0.505. The summed E-state index contributed by atoms with van der Waals surface area (Å²) in [6.07, 6.45) is 8.12. The zero-order valence-corrected chi connectivity index (χ0v) is 19.1. The first-order chi connectivity index (χ1) is 15.9. The van der Waals surface area contributed by atoms with E-state index in [0.717, 1.165) is 31.2 Å². The molecule has 7 nitrogen and oxygen atoms in total. The van der Waals surface area contributed by atoms with Crippen LogP contribution in [-0.4, -0.2) is 41.9 Å².